The minimum atomic E-state index is -0.414. The first-order valence-corrected chi connectivity index (χ1v) is 13.7. The van der Waals surface area contributed by atoms with E-state index in [0.29, 0.717) is 22.9 Å². The van der Waals surface area contributed by atoms with E-state index >= 15 is 0 Å². The van der Waals surface area contributed by atoms with Crippen molar-refractivity contribution in [2.75, 3.05) is 14.2 Å². The van der Waals surface area contributed by atoms with E-state index in [9.17, 15) is 20.4 Å². The number of benzene rings is 6. The molecule has 10 heteroatoms. The number of aliphatic hydroxyl groups excluding tert-OH is 2. The molecule has 0 bridgehead atoms. The molecule has 0 spiro atoms. The monoisotopic (exact) mass is 628 g/mol. The van der Waals surface area contributed by atoms with Crippen molar-refractivity contribution in [2.45, 2.75) is 0 Å². The Kier molecular flexibility index (Phi) is 11.4. The van der Waals surface area contributed by atoms with Gasteiger partial charge in [0.15, 0.2) is 0 Å². The zero-order valence-electron chi connectivity index (χ0n) is 25.8. The predicted octanol–water partition coefficient (Wildman–Crippen LogP) is 1.11. The van der Waals surface area contributed by atoms with Gasteiger partial charge in [0.25, 0.3) is 0 Å². The molecule has 2 N–H and O–H groups in total. The summed E-state index contributed by atoms with van der Waals surface area (Å²) >= 11 is 0. The quantitative estimate of drug-likeness (QED) is 0.155. The summed E-state index contributed by atoms with van der Waals surface area (Å²) in [6.07, 6.45) is 0. The fourth-order valence-electron chi connectivity index (χ4n) is 5.04. The first-order valence-electron chi connectivity index (χ1n) is 13.7. The van der Waals surface area contributed by atoms with Crippen LogP contribution in [0.1, 0.15) is 11.1 Å². The second kappa shape index (κ2) is 15.0. The summed E-state index contributed by atoms with van der Waals surface area (Å²) in [5.74, 6) is -0.756. The van der Waals surface area contributed by atoms with Gasteiger partial charge in [0.1, 0.15) is 22.9 Å². The van der Waals surface area contributed by atoms with Crippen molar-refractivity contribution >= 4 is 44.7 Å². The van der Waals surface area contributed by atoms with Crippen molar-refractivity contribution in [3.05, 3.63) is 120 Å². The Bertz CT molecular complexity index is 1960. The summed E-state index contributed by atoms with van der Waals surface area (Å²) in [6, 6.07) is 31.4. The number of hydrogen-bond donors (Lipinski definition) is 2. The molecule has 218 valence electrons. The van der Waals surface area contributed by atoms with Crippen molar-refractivity contribution in [1.29, 1.82) is 0 Å². The van der Waals surface area contributed by atoms with Crippen LogP contribution in [-0.2, 0) is 0 Å². The molecule has 0 saturated carbocycles. The maximum Gasteiger partial charge on any atom is 1.00 e. The number of ether oxygens (including phenoxy) is 2. The molecule has 0 radical (unpaired) electrons. The third-order valence-corrected chi connectivity index (χ3v) is 7.32. The molecule has 46 heavy (non-hydrogen) atoms. The molecule has 6 aromatic carbocycles. The minimum absolute atomic E-state index is 0. The SMILES string of the molecule is COc1cc(-c2ccc(N=C(O)c3cc4ccccc4cc3[O-])c(OC)c2)ccc1N=C(O)c1cc2ccccc2cc1[O-].[Na+].[Na+]. The summed E-state index contributed by atoms with van der Waals surface area (Å²) in [5, 5.41) is 50.0. The van der Waals surface area contributed by atoms with Crippen LogP contribution in [0.5, 0.6) is 23.0 Å². The number of methoxy groups -OCH3 is 2. The van der Waals surface area contributed by atoms with Crippen LogP contribution in [0.3, 0.4) is 0 Å². The zero-order valence-corrected chi connectivity index (χ0v) is 29.8. The van der Waals surface area contributed by atoms with Crippen LogP contribution in [0.25, 0.3) is 32.7 Å². The van der Waals surface area contributed by atoms with E-state index in [1.54, 1.807) is 48.5 Å². The van der Waals surface area contributed by atoms with Crippen molar-refractivity contribution in [3.8, 4) is 34.1 Å². The fraction of sp³-hybridized carbons (Fsp3) is 0.0556. The van der Waals surface area contributed by atoms with Crippen molar-refractivity contribution < 1.29 is 89.0 Å². The van der Waals surface area contributed by atoms with E-state index in [2.05, 4.69) is 9.98 Å². The Morgan fingerprint density at radius 3 is 1.22 bits per heavy atom. The molecule has 0 atom stereocenters. The molecule has 0 aliphatic rings. The first-order chi connectivity index (χ1) is 21.3. The second-order valence-corrected chi connectivity index (χ2v) is 10.0. The maximum atomic E-state index is 12.6. The summed E-state index contributed by atoms with van der Waals surface area (Å²) in [5.41, 5.74) is 2.36. The van der Waals surface area contributed by atoms with Crippen LogP contribution in [0, 0.1) is 0 Å². The van der Waals surface area contributed by atoms with Gasteiger partial charge in [-0.15, -0.1) is 0 Å². The van der Waals surface area contributed by atoms with Crippen molar-refractivity contribution in [2.24, 2.45) is 9.98 Å². The normalized spacial score (nSPS) is 11.5. The number of aliphatic hydroxyl groups is 2. The second-order valence-electron chi connectivity index (χ2n) is 10.0. The molecule has 0 aromatic heterocycles. The summed E-state index contributed by atoms with van der Waals surface area (Å²) in [7, 11) is 2.98. The molecule has 6 aromatic rings. The molecule has 6 rings (SSSR count). The van der Waals surface area contributed by atoms with E-state index in [4.69, 9.17) is 9.47 Å². The van der Waals surface area contributed by atoms with Crippen LogP contribution in [0.2, 0.25) is 0 Å². The molecule has 0 heterocycles. The van der Waals surface area contributed by atoms with E-state index in [1.165, 1.54) is 26.4 Å². The smallest absolute Gasteiger partial charge is 0.872 e. The summed E-state index contributed by atoms with van der Waals surface area (Å²) in [6.45, 7) is 0. The molecule has 0 amide bonds. The molecule has 0 unspecified atom stereocenters. The van der Waals surface area contributed by atoms with E-state index in [-0.39, 0.29) is 81.7 Å². The minimum Gasteiger partial charge on any atom is -0.872 e. The predicted molar refractivity (Wildman–Crippen MR) is 169 cm³/mol. The summed E-state index contributed by atoms with van der Waals surface area (Å²) in [4.78, 5) is 8.58. The van der Waals surface area contributed by atoms with Gasteiger partial charge < -0.3 is 29.9 Å². The van der Waals surface area contributed by atoms with Crippen molar-refractivity contribution in [1.82, 2.24) is 0 Å². The molecular formula is C36H26N2Na2O6. The van der Waals surface area contributed by atoms with Crippen LogP contribution in [0.4, 0.5) is 11.4 Å². The third kappa shape index (κ3) is 7.18. The molecule has 0 aliphatic carbocycles. The Balaban J connectivity index is 0.00000240. The summed E-state index contributed by atoms with van der Waals surface area (Å²) < 4.78 is 11.1. The molecule has 0 saturated heterocycles. The van der Waals surface area contributed by atoms with Crippen LogP contribution in [-0.4, -0.2) is 36.2 Å². The van der Waals surface area contributed by atoms with Gasteiger partial charge in [-0.25, -0.2) is 9.98 Å². The topological polar surface area (TPSA) is 130 Å². The average molecular weight is 629 g/mol. The van der Waals surface area contributed by atoms with Crippen LogP contribution < -0.4 is 78.8 Å². The molecular weight excluding hydrogens is 602 g/mol. The number of rotatable bonds is 7. The molecule has 8 nitrogen and oxygen atoms in total. The Labute approximate surface area is 309 Å². The van der Waals surface area contributed by atoms with Crippen LogP contribution in [0.15, 0.2) is 119 Å². The van der Waals surface area contributed by atoms with Gasteiger partial charge in [0, 0.05) is 11.1 Å². The van der Waals surface area contributed by atoms with Gasteiger partial charge in [-0.2, -0.15) is 0 Å². The van der Waals surface area contributed by atoms with Gasteiger partial charge in [-0.1, -0.05) is 84.3 Å². The largest absolute Gasteiger partial charge is 1.00 e. The number of fused-ring (bicyclic) bond motifs is 2. The average Bonchev–Trinajstić information content (AvgIpc) is 3.04. The molecule has 0 aliphatic heterocycles. The first kappa shape index (κ1) is 34.8. The third-order valence-electron chi connectivity index (χ3n) is 7.32. The van der Waals surface area contributed by atoms with Gasteiger partial charge in [0.2, 0.25) is 11.8 Å². The Hall–Kier alpha value is -4.02. The van der Waals surface area contributed by atoms with Crippen LogP contribution >= 0.6 is 0 Å². The Morgan fingerprint density at radius 1 is 0.522 bits per heavy atom. The number of aliphatic imine (C=N–C) groups is 2. The van der Waals surface area contributed by atoms with E-state index in [1.807, 2.05) is 48.5 Å². The standard InChI is InChI=1S/C36H28N2O6.2Na/c1-43-33-19-25(11-13-29(33)37-35(41)27-15-21-7-3-5-9-23(21)17-31(27)39)26-12-14-30(34(20-26)44-2)38-36(42)28-16-22-8-4-6-10-24(22)18-32(28)40;;/h3-20,39-40H,1-2H3,(H,37,41)(H,38,42);;/q;2*+1/p-2. The molecule has 0 fully saturated rings. The van der Waals surface area contributed by atoms with E-state index in [0.717, 1.165) is 32.7 Å². The van der Waals surface area contributed by atoms with Gasteiger partial charge in [0.05, 0.1) is 14.2 Å². The zero-order chi connectivity index (χ0) is 30.8. The Morgan fingerprint density at radius 2 is 0.870 bits per heavy atom. The van der Waals surface area contributed by atoms with Gasteiger partial charge >= 0.3 is 59.1 Å². The maximum absolute atomic E-state index is 12.6. The van der Waals surface area contributed by atoms with E-state index < -0.39 is 11.8 Å². The van der Waals surface area contributed by atoms with Gasteiger partial charge in [-0.05, 0) is 69.1 Å². The number of hydrogen-bond acceptors (Lipinski definition) is 6. The van der Waals surface area contributed by atoms with Crippen molar-refractivity contribution in [3.63, 3.8) is 0 Å². The van der Waals surface area contributed by atoms with Gasteiger partial charge in [-0.3, -0.25) is 0 Å². The fourth-order valence-corrected chi connectivity index (χ4v) is 5.04. The number of nitrogens with zero attached hydrogens (tertiary/aromatic N) is 2.